The fourth-order valence-electron chi connectivity index (χ4n) is 3.43. The zero-order valence-corrected chi connectivity index (χ0v) is 13.8. The third-order valence-electron chi connectivity index (χ3n) is 4.65. The Labute approximate surface area is 133 Å². The van der Waals surface area contributed by atoms with Gasteiger partial charge in [0.25, 0.3) is 0 Å². The van der Waals surface area contributed by atoms with Gasteiger partial charge in [-0.3, -0.25) is 0 Å². The Bertz CT molecular complexity index is 435. The first-order chi connectivity index (χ1) is 10.2. The summed E-state index contributed by atoms with van der Waals surface area (Å²) in [5.74, 6) is 1.14. The lowest BCUT2D eigenvalue weighted by molar-refractivity contribution is 0.298. The second-order valence-corrected chi connectivity index (χ2v) is 6.71. The Morgan fingerprint density at radius 2 is 1.95 bits per heavy atom. The van der Waals surface area contributed by atoms with Crippen LogP contribution in [0.4, 0.5) is 4.39 Å². The van der Waals surface area contributed by atoms with Gasteiger partial charge in [-0.1, -0.05) is 43.9 Å². The maximum atomic E-state index is 13.2. The first kappa shape index (κ1) is 16.8. The first-order valence-corrected chi connectivity index (χ1v) is 8.73. The van der Waals surface area contributed by atoms with Crippen molar-refractivity contribution in [3.63, 3.8) is 0 Å². The van der Waals surface area contributed by atoms with Gasteiger partial charge in [0, 0.05) is 5.02 Å². The highest BCUT2D eigenvalue weighted by Crippen LogP contribution is 2.33. The van der Waals surface area contributed by atoms with Gasteiger partial charge in [0.2, 0.25) is 0 Å². The van der Waals surface area contributed by atoms with Crippen LogP contribution < -0.4 is 5.32 Å². The van der Waals surface area contributed by atoms with Crippen molar-refractivity contribution >= 4 is 11.6 Å². The van der Waals surface area contributed by atoms with E-state index < -0.39 is 0 Å². The number of hydrogen-bond acceptors (Lipinski definition) is 1. The van der Waals surface area contributed by atoms with Crippen LogP contribution in [-0.2, 0) is 6.42 Å². The van der Waals surface area contributed by atoms with Crippen molar-refractivity contribution in [2.75, 3.05) is 13.1 Å². The Morgan fingerprint density at radius 3 is 2.67 bits per heavy atom. The molecule has 0 saturated heterocycles. The second kappa shape index (κ2) is 8.75. The van der Waals surface area contributed by atoms with E-state index in [0.717, 1.165) is 31.0 Å². The molecule has 118 valence electrons. The van der Waals surface area contributed by atoms with Crippen LogP contribution in [0, 0.1) is 17.7 Å². The van der Waals surface area contributed by atoms with Crippen LogP contribution in [0.15, 0.2) is 18.2 Å². The number of halogens is 2. The van der Waals surface area contributed by atoms with Crippen molar-refractivity contribution < 1.29 is 4.39 Å². The molecule has 0 bridgehead atoms. The third kappa shape index (κ3) is 5.27. The van der Waals surface area contributed by atoms with Gasteiger partial charge in [-0.25, -0.2) is 4.39 Å². The molecule has 0 aliphatic heterocycles. The van der Waals surface area contributed by atoms with Crippen LogP contribution in [0.25, 0.3) is 0 Å². The van der Waals surface area contributed by atoms with E-state index in [1.165, 1.54) is 50.7 Å². The van der Waals surface area contributed by atoms with Crippen molar-refractivity contribution in [3.8, 4) is 0 Å². The molecule has 1 fully saturated rings. The molecule has 0 radical (unpaired) electrons. The van der Waals surface area contributed by atoms with Gasteiger partial charge < -0.3 is 5.32 Å². The third-order valence-corrected chi connectivity index (χ3v) is 5.00. The molecular formula is C18H27ClFN. The Hall–Kier alpha value is -0.600. The Balaban J connectivity index is 2.01. The van der Waals surface area contributed by atoms with Gasteiger partial charge in [-0.2, -0.15) is 0 Å². The minimum atomic E-state index is -0.245. The number of nitrogens with one attached hydrogen (secondary N) is 1. The van der Waals surface area contributed by atoms with Crippen LogP contribution in [0.1, 0.15) is 51.0 Å². The normalized spacial score (nSPS) is 23.0. The smallest absolute Gasteiger partial charge is 0.124 e. The molecule has 0 amide bonds. The summed E-state index contributed by atoms with van der Waals surface area (Å²) in [6.07, 6.45) is 8.74. The number of benzene rings is 1. The lowest BCUT2D eigenvalue weighted by atomic mass is 9.83. The van der Waals surface area contributed by atoms with Gasteiger partial charge in [-0.15, -0.1) is 0 Å². The van der Waals surface area contributed by atoms with Crippen molar-refractivity contribution in [2.24, 2.45) is 11.8 Å². The highest BCUT2D eigenvalue weighted by molar-refractivity contribution is 6.31. The molecular weight excluding hydrogens is 285 g/mol. The molecule has 1 aromatic rings. The van der Waals surface area contributed by atoms with Crippen molar-refractivity contribution in [1.82, 2.24) is 5.32 Å². The fraction of sp³-hybridized carbons (Fsp3) is 0.667. The van der Waals surface area contributed by atoms with Crippen LogP contribution in [0.2, 0.25) is 5.02 Å². The lowest BCUT2D eigenvalue weighted by Gasteiger charge is -2.26. The monoisotopic (exact) mass is 311 g/mol. The topological polar surface area (TPSA) is 12.0 Å². The second-order valence-electron chi connectivity index (χ2n) is 6.30. The van der Waals surface area contributed by atoms with Gasteiger partial charge in [-0.05, 0) is 68.3 Å². The molecule has 2 unspecified atom stereocenters. The summed E-state index contributed by atoms with van der Waals surface area (Å²) in [5.41, 5.74) is 1.10. The predicted molar refractivity (Wildman–Crippen MR) is 88.3 cm³/mol. The standard InChI is InChI=1S/C18H27ClFN/c1-2-10-21-13-16-7-5-3-4-6-14(16)11-15-8-9-17(20)12-18(15)19/h8-9,12,14,16,21H,2-7,10-11,13H2,1H3. The van der Waals surface area contributed by atoms with E-state index in [1.54, 1.807) is 0 Å². The summed E-state index contributed by atoms with van der Waals surface area (Å²) in [4.78, 5) is 0. The maximum absolute atomic E-state index is 13.2. The van der Waals surface area contributed by atoms with E-state index in [-0.39, 0.29) is 5.82 Å². The number of rotatable bonds is 6. The molecule has 0 heterocycles. The minimum absolute atomic E-state index is 0.245. The molecule has 1 nitrogen and oxygen atoms in total. The quantitative estimate of drug-likeness (QED) is 0.561. The van der Waals surface area contributed by atoms with E-state index in [4.69, 9.17) is 11.6 Å². The van der Waals surface area contributed by atoms with Crippen LogP contribution in [0.5, 0.6) is 0 Å². The molecule has 2 atom stereocenters. The zero-order chi connectivity index (χ0) is 15.1. The average Bonchev–Trinajstić information content (AvgIpc) is 2.68. The van der Waals surface area contributed by atoms with Gasteiger partial charge in [0.1, 0.15) is 5.82 Å². The van der Waals surface area contributed by atoms with Gasteiger partial charge in [0.05, 0.1) is 0 Å². The largest absolute Gasteiger partial charge is 0.316 e. The van der Waals surface area contributed by atoms with E-state index in [1.807, 2.05) is 6.07 Å². The molecule has 3 heteroatoms. The summed E-state index contributed by atoms with van der Waals surface area (Å²) in [7, 11) is 0. The molecule has 1 N–H and O–H groups in total. The highest BCUT2D eigenvalue weighted by Gasteiger charge is 2.24. The fourth-order valence-corrected chi connectivity index (χ4v) is 3.68. The summed E-state index contributed by atoms with van der Waals surface area (Å²) in [6, 6.07) is 4.83. The minimum Gasteiger partial charge on any atom is -0.316 e. The number of hydrogen-bond donors (Lipinski definition) is 1. The van der Waals surface area contributed by atoms with Crippen molar-refractivity contribution in [2.45, 2.75) is 51.9 Å². The first-order valence-electron chi connectivity index (χ1n) is 8.35. The van der Waals surface area contributed by atoms with E-state index in [0.29, 0.717) is 10.9 Å². The molecule has 0 spiro atoms. The Morgan fingerprint density at radius 1 is 1.19 bits per heavy atom. The zero-order valence-electron chi connectivity index (χ0n) is 13.0. The molecule has 1 aliphatic rings. The van der Waals surface area contributed by atoms with Gasteiger partial charge >= 0.3 is 0 Å². The lowest BCUT2D eigenvalue weighted by Crippen LogP contribution is -2.29. The molecule has 0 aromatic heterocycles. The van der Waals surface area contributed by atoms with E-state index in [9.17, 15) is 4.39 Å². The van der Waals surface area contributed by atoms with Crippen LogP contribution in [0.3, 0.4) is 0 Å². The molecule has 1 saturated carbocycles. The highest BCUT2D eigenvalue weighted by atomic mass is 35.5. The van der Waals surface area contributed by atoms with Crippen molar-refractivity contribution in [1.29, 1.82) is 0 Å². The maximum Gasteiger partial charge on any atom is 0.124 e. The predicted octanol–water partition coefficient (Wildman–Crippen LogP) is 5.22. The molecule has 2 rings (SSSR count). The summed E-state index contributed by atoms with van der Waals surface area (Å²) in [6.45, 7) is 4.41. The van der Waals surface area contributed by atoms with E-state index in [2.05, 4.69) is 12.2 Å². The van der Waals surface area contributed by atoms with Crippen molar-refractivity contribution in [3.05, 3.63) is 34.6 Å². The summed E-state index contributed by atoms with van der Waals surface area (Å²) < 4.78 is 13.2. The summed E-state index contributed by atoms with van der Waals surface area (Å²) in [5, 5.41) is 4.16. The van der Waals surface area contributed by atoms with E-state index >= 15 is 0 Å². The molecule has 1 aromatic carbocycles. The molecule has 1 aliphatic carbocycles. The van der Waals surface area contributed by atoms with Gasteiger partial charge in [0.15, 0.2) is 0 Å². The SMILES string of the molecule is CCCNCC1CCCCCC1Cc1ccc(F)cc1Cl. The Kier molecular flexibility index (Phi) is 6.98. The average molecular weight is 312 g/mol. The summed E-state index contributed by atoms with van der Waals surface area (Å²) >= 11 is 6.21. The molecule has 21 heavy (non-hydrogen) atoms. The van der Waals surface area contributed by atoms with Crippen LogP contribution in [-0.4, -0.2) is 13.1 Å². The van der Waals surface area contributed by atoms with Crippen LogP contribution >= 0.6 is 11.6 Å².